The van der Waals surface area contributed by atoms with Crippen LogP contribution in [-0.2, 0) is 9.53 Å². The van der Waals surface area contributed by atoms with Gasteiger partial charge in [0.1, 0.15) is 5.60 Å². The molecule has 0 N–H and O–H groups in total. The molecule has 0 amide bonds. The first-order valence-corrected chi connectivity index (χ1v) is 5.88. The van der Waals surface area contributed by atoms with Crippen LogP contribution in [0.4, 0.5) is 0 Å². The maximum Gasteiger partial charge on any atom is 0.303 e. The Kier molecular flexibility index (Phi) is 4.43. The van der Waals surface area contributed by atoms with Crippen molar-refractivity contribution < 1.29 is 9.53 Å². The minimum Gasteiger partial charge on any atom is -0.459 e. The van der Waals surface area contributed by atoms with E-state index in [0.29, 0.717) is 0 Å². The van der Waals surface area contributed by atoms with Crippen molar-refractivity contribution in [1.29, 1.82) is 0 Å². The Hall–Kier alpha value is -0.530. The second kappa shape index (κ2) is 5.38. The molecule has 1 rings (SSSR count). The Morgan fingerprint density at radius 2 is 1.86 bits per heavy atom. The summed E-state index contributed by atoms with van der Waals surface area (Å²) in [6.45, 7) is 3.73. The highest BCUT2D eigenvalue weighted by molar-refractivity contribution is 5.66. The van der Waals surface area contributed by atoms with Crippen LogP contribution in [0.15, 0.2) is 0 Å². The van der Waals surface area contributed by atoms with Crippen LogP contribution in [0.3, 0.4) is 0 Å². The number of hydrogen-bond acceptors (Lipinski definition) is 2. The van der Waals surface area contributed by atoms with Crippen LogP contribution < -0.4 is 0 Å². The molecule has 0 unspecified atom stereocenters. The Bertz CT molecular complexity index is 183. The predicted molar refractivity (Wildman–Crippen MR) is 57.1 cm³/mol. The highest BCUT2D eigenvalue weighted by Gasteiger charge is 2.45. The summed E-state index contributed by atoms with van der Waals surface area (Å²) in [4.78, 5) is 10.8. The van der Waals surface area contributed by atoms with E-state index in [1.165, 1.54) is 39.0 Å². The average molecular weight is 198 g/mol. The lowest BCUT2D eigenvalue weighted by Gasteiger charge is -2.14. The average Bonchev–Trinajstić information content (AvgIpc) is 2.84. The van der Waals surface area contributed by atoms with Gasteiger partial charge in [0.2, 0.25) is 0 Å². The zero-order valence-electron chi connectivity index (χ0n) is 9.47. The lowest BCUT2D eigenvalue weighted by atomic mass is 10.1. The van der Waals surface area contributed by atoms with Crippen LogP contribution in [0.25, 0.3) is 0 Å². The fourth-order valence-corrected chi connectivity index (χ4v) is 1.90. The topological polar surface area (TPSA) is 26.3 Å². The minimum absolute atomic E-state index is 0.0297. The Balaban J connectivity index is 2.03. The van der Waals surface area contributed by atoms with Gasteiger partial charge in [-0.3, -0.25) is 4.79 Å². The van der Waals surface area contributed by atoms with Crippen molar-refractivity contribution in [3.63, 3.8) is 0 Å². The highest BCUT2D eigenvalue weighted by Crippen LogP contribution is 2.44. The maximum absolute atomic E-state index is 10.8. The largest absolute Gasteiger partial charge is 0.459 e. The Morgan fingerprint density at radius 3 is 2.36 bits per heavy atom. The fraction of sp³-hybridized carbons (Fsp3) is 0.917. The van der Waals surface area contributed by atoms with Gasteiger partial charge in [-0.05, 0) is 25.7 Å². The molecule has 1 saturated carbocycles. The van der Waals surface area contributed by atoms with Crippen LogP contribution in [0.5, 0.6) is 0 Å². The first kappa shape index (κ1) is 11.5. The monoisotopic (exact) mass is 198 g/mol. The summed E-state index contributed by atoms with van der Waals surface area (Å²) >= 11 is 0. The van der Waals surface area contributed by atoms with E-state index in [-0.39, 0.29) is 11.6 Å². The molecule has 0 atom stereocenters. The van der Waals surface area contributed by atoms with Gasteiger partial charge in [-0.25, -0.2) is 0 Å². The molecule has 82 valence electrons. The maximum atomic E-state index is 10.8. The van der Waals surface area contributed by atoms with E-state index in [1.54, 1.807) is 0 Å². The standard InChI is InChI=1S/C12H22O2/c1-3-4-5-6-7-8-12(9-10-12)14-11(2)13/h3-10H2,1-2H3. The number of hydrogen-bond donors (Lipinski definition) is 0. The number of carbonyl (C=O) groups is 1. The summed E-state index contributed by atoms with van der Waals surface area (Å²) in [7, 11) is 0. The molecular formula is C12H22O2. The lowest BCUT2D eigenvalue weighted by Crippen LogP contribution is -2.17. The molecule has 1 aliphatic rings. The molecule has 0 bridgehead atoms. The molecule has 0 spiro atoms. The highest BCUT2D eigenvalue weighted by atomic mass is 16.6. The van der Waals surface area contributed by atoms with E-state index in [0.717, 1.165) is 19.3 Å². The van der Waals surface area contributed by atoms with Gasteiger partial charge in [0, 0.05) is 6.92 Å². The SMILES string of the molecule is CCCCCCCC1(OC(C)=O)CC1. The van der Waals surface area contributed by atoms with E-state index in [4.69, 9.17) is 4.74 Å². The molecule has 1 fully saturated rings. The molecule has 0 aromatic heterocycles. The van der Waals surface area contributed by atoms with Crippen molar-refractivity contribution >= 4 is 5.97 Å². The van der Waals surface area contributed by atoms with E-state index in [1.807, 2.05) is 0 Å². The van der Waals surface area contributed by atoms with E-state index in [2.05, 4.69) is 6.92 Å². The summed E-state index contributed by atoms with van der Waals surface area (Å²) in [5, 5.41) is 0. The summed E-state index contributed by atoms with van der Waals surface area (Å²) < 4.78 is 5.32. The Morgan fingerprint density at radius 1 is 1.21 bits per heavy atom. The Labute approximate surface area is 87.0 Å². The second-order valence-electron chi connectivity index (χ2n) is 4.44. The van der Waals surface area contributed by atoms with E-state index >= 15 is 0 Å². The number of rotatable bonds is 7. The van der Waals surface area contributed by atoms with Crippen molar-refractivity contribution in [3.05, 3.63) is 0 Å². The first-order valence-electron chi connectivity index (χ1n) is 5.88. The number of carbonyl (C=O) groups excluding carboxylic acids is 1. The molecular weight excluding hydrogens is 176 g/mol. The smallest absolute Gasteiger partial charge is 0.303 e. The van der Waals surface area contributed by atoms with Crippen LogP contribution >= 0.6 is 0 Å². The van der Waals surface area contributed by atoms with Gasteiger partial charge in [0.25, 0.3) is 0 Å². The molecule has 0 aliphatic heterocycles. The fourth-order valence-electron chi connectivity index (χ4n) is 1.90. The molecule has 0 aromatic rings. The predicted octanol–water partition coefficient (Wildman–Crippen LogP) is 3.44. The van der Waals surface area contributed by atoms with Gasteiger partial charge >= 0.3 is 5.97 Å². The molecule has 0 radical (unpaired) electrons. The third kappa shape index (κ3) is 4.12. The minimum atomic E-state index is -0.115. The van der Waals surface area contributed by atoms with Gasteiger partial charge in [-0.1, -0.05) is 32.6 Å². The van der Waals surface area contributed by atoms with Gasteiger partial charge in [-0.15, -0.1) is 0 Å². The third-order valence-corrected chi connectivity index (χ3v) is 2.90. The lowest BCUT2D eigenvalue weighted by molar-refractivity contribution is -0.148. The van der Waals surface area contributed by atoms with Gasteiger partial charge in [0.15, 0.2) is 0 Å². The van der Waals surface area contributed by atoms with Crippen molar-refractivity contribution in [2.75, 3.05) is 0 Å². The zero-order valence-corrected chi connectivity index (χ0v) is 9.47. The summed E-state index contributed by atoms with van der Waals surface area (Å²) in [6, 6.07) is 0. The van der Waals surface area contributed by atoms with Crippen LogP contribution in [-0.4, -0.2) is 11.6 Å². The molecule has 2 nitrogen and oxygen atoms in total. The van der Waals surface area contributed by atoms with Crippen molar-refractivity contribution in [1.82, 2.24) is 0 Å². The summed E-state index contributed by atoms with van der Waals surface area (Å²) in [5.41, 5.74) is -0.0297. The normalized spacial score (nSPS) is 17.9. The second-order valence-corrected chi connectivity index (χ2v) is 4.44. The number of unbranched alkanes of at least 4 members (excludes halogenated alkanes) is 4. The quantitative estimate of drug-likeness (QED) is 0.462. The van der Waals surface area contributed by atoms with Gasteiger partial charge in [-0.2, -0.15) is 0 Å². The summed E-state index contributed by atoms with van der Waals surface area (Å²) in [6.07, 6.45) is 9.70. The molecule has 2 heteroatoms. The van der Waals surface area contributed by atoms with E-state index in [9.17, 15) is 4.79 Å². The van der Waals surface area contributed by atoms with Crippen molar-refractivity contribution in [3.8, 4) is 0 Å². The molecule has 0 saturated heterocycles. The molecule has 1 aliphatic carbocycles. The van der Waals surface area contributed by atoms with Crippen molar-refractivity contribution in [2.24, 2.45) is 0 Å². The zero-order chi connectivity index (χ0) is 10.4. The van der Waals surface area contributed by atoms with Crippen LogP contribution in [0.1, 0.15) is 65.2 Å². The molecule has 14 heavy (non-hydrogen) atoms. The van der Waals surface area contributed by atoms with Crippen molar-refractivity contribution in [2.45, 2.75) is 70.8 Å². The summed E-state index contributed by atoms with van der Waals surface area (Å²) in [5.74, 6) is -0.115. The molecule has 0 heterocycles. The third-order valence-electron chi connectivity index (χ3n) is 2.90. The van der Waals surface area contributed by atoms with E-state index < -0.39 is 0 Å². The first-order chi connectivity index (χ1) is 6.68. The van der Waals surface area contributed by atoms with Gasteiger partial charge in [0.05, 0.1) is 0 Å². The number of esters is 1. The molecule has 0 aromatic carbocycles. The van der Waals surface area contributed by atoms with Gasteiger partial charge < -0.3 is 4.74 Å². The van der Waals surface area contributed by atoms with Crippen LogP contribution in [0, 0.1) is 0 Å². The number of ether oxygens (including phenoxy) is 1. The van der Waals surface area contributed by atoms with Crippen LogP contribution in [0.2, 0.25) is 0 Å².